The Morgan fingerprint density at radius 1 is 1.08 bits per heavy atom. The van der Waals surface area contributed by atoms with Crippen molar-refractivity contribution in [2.24, 2.45) is 0 Å². The van der Waals surface area contributed by atoms with Crippen molar-refractivity contribution in [1.29, 1.82) is 5.26 Å². The Labute approximate surface area is 215 Å². The van der Waals surface area contributed by atoms with E-state index >= 15 is 0 Å². The number of piperidine rings is 1. The van der Waals surface area contributed by atoms with Crippen molar-refractivity contribution >= 4 is 6.09 Å². The van der Waals surface area contributed by atoms with Gasteiger partial charge >= 0.3 is 18.4 Å². The molecule has 2 aliphatic heterocycles. The number of amides is 1. The number of carbonyl (C=O) groups is 1. The van der Waals surface area contributed by atoms with Crippen LogP contribution >= 0.6 is 0 Å². The molecule has 204 valence electrons. The first kappa shape index (κ1) is 27.7. The van der Waals surface area contributed by atoms with Gasteiger partial charge in [-0.2, -0.15) is 31.6 Å². The minimum atomic E-state index is -4.97. The van der Waals surface area contributed by atoms with Gasteiger partial charge in [-0.05, 0) is 49.1 Å². The lowest BCUT2D eigenvalue weighted by Gasteiger charge is -2.47. The lowest BCUT2D eigenvalue weighted by Crippen LogP contribution is -2.64. The Bertz CT molecular complexity index is 1170. The molecule has 0 spiro atoms. The second-order valence-corrected chi connectivity index (χ2v) is 9.50. The molecule has 2 saturated heterocycles. The number of halogens is 6. The van der Waals surface area contributed by atoms with Gasteiger partial charge < -0.3 is 14.8 Å². The van der Waals surface area contributed by atoms with Crippen molar-refractivity contribution in [3.8, 4) is 6.07 Å². The van der Waals surface area contributed by atoms with E-state index in [9.17, 15) is 36.4 Å². The van der Waals surface area contributed by atoms with Gasteiger partial charge in [-0.3, -0.25) is 4.90 Å². The van der Waals surface area contributed by atoms with Crippen LogP contribution in [0.15, 0.2) is 48.5 Å². The zero-order chi connectivity index (χ0) is 27.8. The van der Waals surface area contributed by atoms with E-state index in [1.54, 1.807) is 18.2 Å². The Balaban J connectivity index is 1.60. The maximum Gasteiger partial charge on any atom is 0.416 e. The van der Waals surface area contributed by atoms with Crippen LogP contribution in [0.3, 0.4) is 0 Å². The quantitative estimate of drug-likeness (QED) is 0.469. The van der Waals surface area contributed by atoms with Crippen LogP contribution in [0.4, 0.5) is 31.1 Å². The Morgan fingerprint density at radius 2 is 1.71 bits per heavy atom. The fourth-order valence-electron chi connectivity index (χ4n) is 4.87. The third kappa shape index (κ3) is 5.44. The number of nitriles is 1. The molecule has 0 unspecified atom stereocenters. The van der Waals surface area contributed by atoms with Crippen LogP contribution in [0.2, 0.25) is 0 Å². The number of ether oxygens (including phenoxy) is 2. The molecule has 2 aromatic rings. The van der Waals surface area contributed by atoms with E-state index in [1.807, 2.05) is 12.1 Å². The number of alkyl halides is 6. The van der Waals surface area contributed by atoms with Crippen molar-refractivity contribution in [2.75, 3.05) is 26.3 Å². The van der Waals surface area contributed by atoms with E-state index in [0.717, 1.165) is 5.56 Å². The topological polar surface area (TPSA) is 74.6 Å². The van der Waals surface area contributed by atoms with Crippen LogP contribution in [-0.4, -0.2) is 42.8 Å². The number of nitrogens with zero attached hydrogens (tertiary/aromatic N) is 2. The standard InChI is InChI=1S/C26H25F6N3O3/c1-17(18-11-20(25(27,28)29)13-21(12-18)26(30,31)32)38-16-24(19-5-3-2-4-6-19)8-7-23(14-33,15-34-24)35-9-10-37-22(35)36/h2-6,11-13,17,34H,7-10,15-16H2,1H3/t17-,23-,24-/m1/s1. The largest absolute Gasteiger partial charge is 0.447 e. The van der Waals surface area contributed by atoms with Gasteiger partial charge in [0.2, 0.25) is 0 Å². The first-order chi connectivity index (χ1) is 17.8. The average Bonchev–Trinajstić information content (AvgIpc) is 3.33. The molecule has 6 nitrogen and oxygen atoms in total. The zero-order valence-corrected chi connectivity index (χ0v) is 20.3. The molecule has 2 aromatic carbocycles. The SMILES string of the molecule is C[C@@H](OC[C@@]1(c2ccccc2)CC[C@](C#N)(N2CCOC2=O)CN1)c1cc(C(F)(F)F)cc(C(F)(F)F)c1. The van der Waals surface area contributed by atoms with Crippen molar-refractivity contribution in [1.82, 2.24) is 10.2 Å². The molecule has 0 aliphatic carbocycles. The molecule has 0 bridgehead atoms. The lowest BCUT2D eigenvalue weighted by molar-refractivity contribution is -0.143. The van der Waals surface area contributed by atoms with Gasteiger partial charge in [0, 0.05) is 6.54 Å². The second-order valence-electron chi connectivity index (χ2n) is 9.50. The van der Waals surface area contributed by atoms with Crippen LogP contribution in [0.5, 0.6) is 0 Å². The summed E-state index contributed by atoms with van der Waals surface area (Å²) in [6.07, 6.45) is -11.1. The summed E-state index contributed by atoms with van der Waals surface area (Å²) >= 11 is 0. The highest BCUT2D eigenvalue weighted by Crippen LogP contribution is 2.40. The van der Waals surface area contributed by atoms with Crippen molar-refractivity contribution in [2.45, 2.75) is 49.3 Å². The van der Waals surface area contributed by atoms with Gasteiger partial charge in [-0.25, -0.2) is 4.79 Å². The monoisotopic (exact) mass is 541 g/mol. The molecule has 1 N–H and O–H groups in total. The third-order valence-corrected chi connectivity index (χ3v) is 7.16. The highest BCUT2D eigenvalue weighted by Gasteiger charge is 2.50. The third-order valence-electron chi connectivity index (χ3n) is 7.16. The van der Waals surface area contributed by atoms with Crippen LogP contribution in [0, 0.1) is 11.3 Å². The molecule has 2 aliphatic rings. The van der Waals surface area contributed by atoms with Gasteiger partial charge in [0.15, 0.2) is 0 Å². The van der Waals surface area contributed by atoms with E-state index in [4.69, 9.17) is 9.47 Å². The molecule has 0 radical (unpaired) electrons. The van der Waals surface area contributed by atoms with Crippen LogP contribution < -0.4 is 5.32 Å². The molecular formula is C26H25F6N3O3. The van der Waals surface area contributed by atoms with Gasteiger partial charge in [0.05, 0.1) is 42.0 Å². The first-order valence-corrected chi connectivity index (χ1v) is 11.9. The minimum absolute atomic E-state index is 0.0625. The average molecular weight is 541 g/mol. The molecule has 3 atom stereocenters. The van der Waals surface area contributed by atoms with Crippen molar-refractivity contribution in [3.63, 3.8) is 0 Å². The van der Waals surface area contributed by atoms with Crippen molar-refractivity contribution < 1.29 is 40.6 Å². The molecule has 2 heterocycles. The number of nitrogens with one attached hydrogen (secondary N) is 1. The predicted octanol–water partition coefficient (Wildman–Crippen LogP) is 5.80. The molecule has 1 amide bonds. The summed E-state index contributed by atoms with van der Waals surface area (Å²) in [5.41, 5.74) is -4.40. The normalized spacial score (nSPS) is 25.1. The Hall–Kier alpha value is -3.30. The summed E-state index contributed by atoms with van der Waals surface area (Å²) in [6.45, 7) is 1.77. The molecule has 2 fully saturated rings. The van der Waals surface area contributed by atoms with Gasteiger partial charge in [0.25, 0.3) is 0 Å². The summed E-state index contributed by atoms with van der Waals surface area (Å²) in [4.78, 5) is 13.6. The molecular weight excluding hydrogens is 516 g/mol. The lowest BCUT2D eigenvalue weighted by atomic mass is 9.76. The van der Waals surface area contributed by atoms with Gasteiger partial charge in [0.1, 0.15) is 12.1 Å². The summed E-state index contributed by atoms with van der Waals surface area (Å²) in [5, 5.41) is 13.3. The van der Waals surface area contributed by atoms with Crippen LogP contribution in [-0.2, 0) is 27.4 Å². The number of hydrogen-bond acceptors (Lipinski definition) is 5. The Morgan fingerprint density at radius 3 is 2.18 bits per heavy atom. The molecule has 0 saturated carbocycles. The predicted molar refractivity (Wildman–Crippen MR) is 123 cm³/mol. The van der Waals surface area contributed by atoms with E-state index in [2.05, 4.69) is 11.4 Å². The molecule has 38 heavy (non-hydrogen) atoms. The maximum absolute atomic E-state index is 13.3. The van der Waals surface area contributed by atoms with E-state index in [-0.39, 0.29) is 44.4 Å². The summed E-state index contributed by atoms with van der Waals surface area (Å²) in [7, 11) is 0. The number of carbonyl (C=O) groups excluding carboxylic acids is 1. The molecule has 0 aromatic heterocycles. The number of cyclic esters (lactones) is 1. The summed E-state index contributed by atoms with van der Waals surface area (Å²) < 4.78 is 91.0. The number of rotatable bonds is 6. The first-order valence-electron chi connectivity index (χ1n) is 11.9. The highest BCUT2D eigenvalue weighted by molar-refractivity contribution is 5.71. The second kappa shape index (κ2) is 10.1. The summed E-state index contributed by atoms with van der Waals surface area (Å²) in [5.74, 6) is 0. The van der Waals surface area contributed by atoms with Crippen LogP contribution in [0.1, 0.15) is 48.1 Å². The van der Waals surface area contributed by atoms with Crippen LogP contribution in [0.25, 0.3) is 0 Å². The van der Waals surface area contributed by atoms with E-state index in [1.165, 1.54) is 11.8 Å². The number of benzene rings is 2. The summed E-state index contributed by atoms with van der Waals surface area (Å²) in [6, 6.07) is 12.6. The Kier molecular flexibility index (Phi) is 7.38. The number of hydrogen-bond donors (Lipinski definition) is 1. The fraction of sp³-hybridized carbons (Fsp3) is 0.462. The smallest absolute Gasteiger partial charge is 0.416 e. The van der Waals surface area contributed by atoms with Crippen molar-refractivity contribution in [3.05, 3.63) is 70.8 Å². The molecule has 4 rings (SSSR count). The fourth-order valence-corrected chi connectivity index (χ4v) is 4.87. The van der Waals surface area contributed by atoms with Gasteiger partial charge in [-0.15, -0.1) is 0 Å². The highest BCUT2D eigenvalue weighted by atomic mass is 19.4. The molecule has 12 heteroatoms. The van der Waals surface area contributed by atoms with Gasteiger partial charge in [-0.1, -0.05) is 30.3 Å². The maximum atomic E-state index is 13.3. The zero-order valence-electron chi connectivity index (χ0n) is 20.3. The van der Waals surface area contributed by atoms with E-state index < -0.39 is 46.8 Å². The minimum Gasteiger partial charge on any atom is -0.447 e. The van der Waals surface area contributed by atoms with E-state index in [0.29, 0.717) is 18.6 Å².